The minimum Gasteiger partial charge on any atom is -0.206 e. The highest BCUT2D eigenvalue weighted by molar-refractivity contribution is 6.22. The Hall–Kier alpha value is -1.34. The van der Waals surface area contributed by atoms with E-state index in [1.165, 1.54) is 5.56 Å². The summed E-state index contributed by atoms with van der Waals surface area (Å²) in [6.45, 7) is 8.39. The predicted octanol–water partition coefficient (Wildman–Crippen LogP) is 6.15. The molecule has 0 saturated heterocycles. The minimum atomic E-state index is -0.455. The van der Waals surface area contributed by atoms with Crippen LogP contribution in [0.25, 0.3) is 0 Å². The molecule has 21 heavy (non-hydrogen) atoms. The van der Waals surface area contributed by atoms with Crippen molar-refractivity contribution in [3.05, 3.63) is 70.5 Å². The second-order valence-electron chi connectivity index (χ2n) is 6.20. The zero-order chi connectivity index (χ0) is 15.6. The lowest BCUT2D eigenvalue weighted by molar-refractivity contribution is 0.506. The third kappa shape index (κ3) is 3.29. The molecule has 0 amide bonds. The predicted molar refractivity (Wildman–Crippen MR) is 88.6 cm³/mol. The molecule has 0 heterocycles. The van der Waals surface area contributed by atoms with E-state index in [0.29, 0.717) is 11.1 Å². The fraction of sp³-hybridized carbons (Fsp3) is 0.368. The molecule has 0 N–H and O–H groups in total. The number of benzene rings is 2. The molecule has 112 valence electrons. The van der Waals surface area contributed by atoms with E-state index >= 15 is 0 Å². The molecule has 0 bridgehead atoms. The van der Waals surface area contributed by atoms with Gasteiger partial charge in [-0.15, -0.1) is 11.6 Å². The van der Waals surface area contributed by atoms with Crippen LogP contribution in [0.1, 0.15) is 54.8 Å². The summed E-state index contributed by atoms with van der Waals surface area (Å²) < 4.78 is 14.2. The number of hydrogen-bond donors (Lipinski definition) is 0. The molecule has 2 aromatic carbocycles. The summed E-state index contributed by atoms with van der Waals surface area (Å²) in [4.78, 5) is 0. The molecule has 2 aromatic rings. The van der Waals surface area contributed by atoms with E-state index in [1.54, 1.807) is 19.1 Å². The van der Waals surface area contributed by atoms with Crippen molar-refractivity contribution in [3.63, 3.8) is 0 Å². The smallest absolute Gasteiger partial charge is 0.131 e. The maximum Gasteiger partial charge on any atom is 0.131 e. The number of alkyl halides is 1. The molecule has 1 unspecified atom stereocenters. The van der Waals surface area contributed by atoms with Gasteiger partial charge in [0.05, 0.1) is 5.38 Å². The van der Waals surface area contributed by atoms with Crippen LogP contribution in [0.3, 0.4) is 0 Å². The lowest BCUT2D eigenvalue weighted by Crippen LogP contribution is -2.15. The summed E-state index contributed by atoms with van der Waals surface area (Å²) >= 11 is 6.47. The van der Waals surface area contributed by atoms with Crippen LogP contribution in [0, 0.1) is 12.7 Å². The first-order valence-electron chi connectivity index (χ1n) is 7.36. The van der Waals surface area contributed by atoms with Gasteiger partial charge >= 0.3 is 0 Å². The van der Waals surface area contributed by atoms with E-state index in [0.717, 1.165) is 12.0 Å². The number of hydrogen-bond acceptors (Lipinski definition) is 0. The Morgan fingerprint density at radius 3 is 2.29 bits per heavy atom. The molecule has 0 saturated carbocycles. The Labute approximate surface area is 132 Å². The zero-order valence-electron chi connectivity index (χ0n) is 13.1. The topological polar surface area (TPSA) is 0 Å². The van der Waals surface area contributed by atoms with Crippen LogP contribution in [0.2, 0.25) is 0 Å². The maximum absolute atomic E-state index is 14.2. The van der Waals surface area contributed by atoms with Gasteiger partial charge in [0.2, 0.25) is 0 Å². The molecule has 2 heteroatoms. The normalized spacial score (nSPS) is 13.2. The van der Waals surface area contributed by atoms with E-state index in [2.05, 4.69) is 32.9 Å². The standard InChI is InChI=1S/C19H22ClF/c1-5-19(3,4)15-11-9-14(10-12-15)17(20)16-8-6-7-13(2)18(16)21/h6-12,17H,5H2,1-4H3. The summed E-state index contributed by atoms with van der Waals surface area (Å²) in [6.07, 6.45) is 1.07. The highest BCUT2D eigenvalue weighted by Gasteiger charge is 2.20. The number of halogens is 2. The van der Waals surface area contributed by atoms with Crippen LogP contribution in [0.15, 0.2) is 42.5 Å². The lowest BCUT2D eigenvalue weighted by Gasteiger charge is -2.24. The number of rotatable bonds is 4. The molecule has 0 aromatic heterocycles. The Kier molecular flexibility index (Phi) is 4.73. The lowest BCUT2D eigenvalue weighted by atomic mass is 9.82. The summed E-state index contributed by atoms with van der Waals surface area (Å²) in [6, 6.07) is 13.6. The van der Waals surface area contributed by atoms with Crippen molar-refractivity contribution < 1.29 is 4.39 Å². The quantitative estimate of drug-likeness (QED) is 0.594. The first-order chi connectivity index (χ1) is 9.86. The van der Waals surface area contributed by atoms with Crippen molar-refractivity contribution >= 4 is 11.6 Å². The van der Waals surface area contributed by atoms with Gasteiger partial charge in [-0.1, -0.05) is 63.2 Å². The largest absolute Gasteiger partial charge is 0.206 e. The van der Waals surface area contributed by atoms with Crippen molar-refractivity contribution in [1.29, 1.82) is 0 Å². The third-order valence-electron chi connectivity index (χ3n) is 4.36. The monoisotopic (exact) mass is 304 g/mol. The Bertz CT molecular complexity index is 614. The molecule has 0 aliphatic heterocycles. The van der Waals surface area contributed by atoms with Gasteiger partial charge < -0.3 is 0 Å². The van der Waals surface area contributed by atoms with Crippen LogP contribution >= 0.6 is 11.6 Å². The molecule has 1 atom stereocenters. The van der Waals surface area contributed by atoms with Gasteiger partial charge in [-0.2, -0.15) is 0 Å². The SMILES string of the molecule is CCC(C)(C)c1ccc(C(Cl)c2cccc(C)c2F)cc1. The minimum absolute atomic E-state index is 0.148. The van der Waals surface area contributed by atoms with Crippen LogP contribution in [-0.2, 0) is 5.41 Å². The average molecular weight is 305 g/mol. The van der Waals surface area contributed by atoms with Crippen molar-refractivity contribution in [2.45, 2.75) is 44.9 Å². The molecular formula is C19H22ClF. The van der Waals surface area contributed by atoms with E-state index in [9.17, 15) is 4.39 Å². The average Bonchev–Trinajstić information content (AvgIpc) is 2.49. The molecule has 0 fully saturated rings. The van der Waals surface area contributed by atoms with Gasteiger partial charge in [0.25, 0.3) is 0 Å². The fourth-order valence-corrected chi connectivity index (χ4v) is 2.67. The molecule has 0 aliphatic carbocycles. The van der Waals surface area contributed by atoms with Gasteiger partial charge in [0.1, 0.15) is 5.82 Å². The highest BCUT2D eigenvalue weighted by atomic mass is 35.5. The van der Waals surface area contributed by atoms with E-state index in [4.69, 9.17) is 11.6 Å². The van der Waals surface area contributed by atoms with E-state index in [-0.39, 0.29) is 11.2 Å². The van der Waals surface area contributed by atoms with Crippen molar-refractivity contribution in [1.82, 2.24) is 0 Å². The van der Waals surface area contributed by atoms with E-state index in [1.807, 2.05) is 18.2 Å². The Morgan fingerprint density at radius 1 is 1.10 bits per heavy atom. The first kappa shape index (κ1) is 16.0. The molecule has 0 spiro atoms. The third-order valence-corrected chi connectivity index (χ3v) is 4.85. The summed E-state index contributed by atoms with van der Waals surface area (Å²) in [7, 11) is 0. The summed E-state index contributed by atoms with van der Waals surface area (Å²) in [5.41, 5.74) is 3.52. The number of aryl methyl sites for hydroxylation is 1. The second kappa shape index (κ2) is 6.19. The first-order valence-corrected chi connectivity index (χ1v) is 7.80. The highest BCUT2D eigenvalue weighted by Crippen LogP contribution is 2.33. The Balaban J connectivity index is 2.32. The van der Waals surface area contributed by atoms with Crippen LogP contribution in [0.4, 0.5) is 4.39 Å². The summed E-state index contributed by atoms with van der Waals surface area (Å²) in [5, 5.41) is -0.455. The van der Waals surface area contributed by atoms with E-state index < -0.39 is 5.38 Å². The summed E-state index contributed by atoms with van der Waals surface area (Å²) in [5.74, 6) is -0.213. The van der Waals surface area contributed by atoms with Crippen molar-refractivity contribution in [2.24, 2.45) is 0 Å². The zero-order valence-corrected chi connectivity index (χ0v) is 13.8. The van der Waals surface area contributed by atoms with Crippen molar-refractivity contribution in [3.8, 4) is 0 Å². The second-order valence-corrected chi connectivity index (χ2v) is 6.64. The van der Waals surface area contributed by atoms with Crippen molar-refractivity contribution in [2.75, 3.05) is 0 Å². The molecule has 2 rings (SSSR count). The van der Waals surface area contributed by atoms with Gasteiger partial charge in [0, 0.05) is 5.56 Å². The van der Waals surface area contributed by atoms with Crippen LogP contribution in [-0.4, -0.2) is 0 Å². The molecule has 0 aliphatic rings. The van der Waals surface area contributed by atoms with Gasteiger partial charge in [-0.3, -0.25) is 0 Å². The van der Waals surface area contributed by atoms with Crippen LogP contribution < -0.4 is 0 Å². The molecular weight excluding hydrogens is 283 g/mol. The molecule has 0 nitrogen and oxygen atoms in total. The fourth-order valence-electron chi connectivity index (χ4n) is 2.35. The Morgan fingerprint density at radius 2 is 1.71 bits per heavy atom. The van der Waals surface area contributed by atoms with Gasteiger partial charge in [-0.05, 0) is 35.4 Å². The van der Waals surface area contributed by atoms with Gasteiger partial charge in [-0.25, -0.2) is 4.39 Å². The maximum atomic E-state index is 14.2. The van der Waals surface area contributed by atoms with Crippen LogP contribution in [0.5, 0.6) is 0 Å². The molecule has 0 radical (unpaired) electrons. The van der Waals surface area contributed by atoms with Gasteiger partial charge in [0.15, 0.2) is 0 Å².